The van der Waals surface area contributed by atoms with Crippen LogP contribution in [0.1, 0.15) is 117 Å². The Morgan fingerprint density at radius 1 is 0.883 bits per heavy atom. The summed E-state index contributed by atoms with van der Waals surface area (Å²) in [5.74, 6) is 0.119. The molecule has 1 aromatic rings. The van der Waals surface area contributed by atoms with Crippen LogP contribution >= 0.6 is 0 Å². The van der Waals surface area contributed by atoms with Gasteiger partial charge in [-0.05, 0) is 52.6 Å². The molecule has 1 fully saturated rings. The Morgan fingerprint density at radius 2 is 1.40 bits per heavy atom. The van der Waals surface area contributed by atoms with Gasteiger partial charge < -0.3 is 34.6 Å². The number of ether oxygens (including phenoxy) is 3. The second kappa shape index (κ2) is 38.0. The molecule has 0 spiro atoms. The lowest BCUT2D eigenvalue weighted by molar-refractivity contribution is -0.146. The standard InChI is InChI=1S/C31H57N5O8.C7H8.C3H4.3C2H6.2H2/c1-12-20(4)28(35(8)25(38)17-32-31(41)27(19(2)3)34(6)7)23(42-9)16-24(37)36-15-13-14-22(36)29(44-11)21(5)30(40)33-18-26(39)43-10;1-7-5-3-2-4-6-7;1-3-2;3*1-2;;/h19-23,27-29H,12-18H2,1-11H3,(H,32,41)(H,33,40);2-6H,1H3;1H,2H3;3*1-2H3;2*1H/t20-,21+,22-,23+,27-,28-,29+;;;;;;;/m0......./s1. The average molecular weight is 854 g/mol. The van der Waals surface area contributed by atoms with Crippen LogP contribution in [0, 0.1) is 37.0 Å². The van der Waals surface area contributed by atoms with Gasteiger partial charge in [-0.25, -0.2) is 0 Å². The van der Waals surface area contributed by atoms with Crippen LogP contribution in [0.25, 0.3) is 0 Å². The molecule has 0 aromatic heterocycles. The SMILES string of the molecule is C#CC.CC.CC.CC.CC[C@H](C)[C@@H]([C@@H](CC(=O)N1CCC[C@H]1[C@H](OC)[C@@H](C)C(=O)NCC(=O)OC)OC)N(C)C(=O)CNC(=O)[C@H](C(C)C)N(C)C.Cc1ccccc1.[HH].[HH]. The summed E-state index contributed by atoms with van der Waals surface area (Å²) in [5.41, 5.74) is 1.32. The molecule has 0 radical (unpaired) electrons. The van der Waals surface area contributed by atoms with Gasteiger partial charge in [-0.2, -0.15) is 0 Å². The molecule has 0 aliphatic carbocycles. The first-order valence-corrected chi connectivity index (χ1v) is 21.8. The third-order valence-corrected chi connectivity index (χ3v) is 9.75. The number of aryl methyl sites for hydroxylation is 1. The maximum Gasteiger partial charge on any atom is 0.325 e. The van der Waals surface area contributed by atoms with Gasteiger partial charge in [-0.3, -0.25) is 28.9 Å². The first-order chi connectivity index (χ1) is 28.5. The number of benzene rings is 1. The summed E-state index contributed by atoms with van der Waals surface area (Å²) in [7, 11) is 9.63. The highest BCUT2D eigenvalue weighted by Crippen LogP contribution is 2.29. The van der Waals surface area contributed by atoms with Crippen molar-refractivity contribution in [2.75, 3.05) is 62.1 Å². The molecule has 2 N–H and O–H groups in total. The summed E-state index contributed by atoms with van der Waals surface area (Å²) in [6.45, 7) is 25.5. The Kier molecular flexibility index (Phi) is 39.7. The second-order valence-corrected chi connectivity index (χ2v) is 14.3. The fraction of sp³-hybridized carbons (Fsp3) is 0.723. The molecule has 1 aliphatic rings. The second-order valence-electron chi connectivity index (χ2n) is 14.3. The Hall–Kier alpha value is -3.99. The summed E-state index contributed by atoms with van der Waals surface area (Å²) in [6, 6.07) is 9.13. The molecule has 1 aliphatic heterocycles. The number of likely N-dealkylation sites (N-methyl/N-ethyl adjacent to an activating group) is 2. The van der Waals surface area contributed by atoms with Gasteiger partial charge in [-0.1, -0.05) is 118 Å². The van der Waals surface area contributed by atoms with Crippen molar-refractivity contribution in [3.05, 3.63) is 35.9 Å². The van der Waals surface area contributed by atoms with Crippen LogP contribution in [0.15, 0.2) is 30.3 Å². The van der Waals surface area contributed by atoms with E-state index in [-0.39, 0.29) is 69.9 Å². The van der Waals surface area contributed by atoms with Crippen molar-refractivity contribution >= 4 is 29.6 Å². The molecule has 352 valence electrons. The van der Waals surface area contributed by atoms with E-state index in [1.165, 1.54) is 26.9 Å². The zero-order valence-electron chi connectivity index (χ0n) is 41.1. The van der Waals surface area contributed by atoms with Crippen molar-refractivity contribution in [3.8, 4) is 12.3 Å². The summed E-state index contributed by atoms with van der Waals surface area (Å²) in [6.07, 6.45) is 5.59. The van der Waals surface area contributed by atoms with Crippen molar-refractivity contribution in [3.63, 3.8) is 0 Å². The predicted octanol–water partition coefficient (Wildman–Crippen LogP) is 7.10. The number of carbonyl (C=O) groups is 5. The van der Waals surface area contributed by atoms with Gasteiger partial charge >= 0.3 is 5.97 Å². The van der Waals surface area contributed by atoms with Crippen LogP contribution in [0.4, 0.5) is 0 Å². The molecule has 2 rings (SSSR count). The number of hydrogen-bond donors (Lipinski definition) is 2. The number of likely N-dealkylation sites (tertiary alicyclic amines) is 1. The van der Waals surface area contributed by atoms with Crippen LogP contribution in [-0.2, 0) is 38.2 Å². The van der Waals surface area contributed by atoms with E-state index in [2.05, 4.69) is 46.8 Å². The molecular formula is C47H91N5O8. The highest BCUT2D eigenvalue weighted by Gasteiger charge is 2.42. The molecular weight excluding hydrogens is 763 g/mol. The van der Waals surface area contributed by atoms with E-state index in [0.29, 0.717) is 13.0 Å². The van der Waals surface area contributed by atoms with Crippen LogP contribution in [0.2, 0.25) is 0 Å². The van der Waals surface area contributed by atoms with E-state index in [9.17, 15) is 24.0 Å². The smallest absolute Gasteiger partial charge is 0.325 e. The van der Waals surface area contributed by atoms with Gasteiger partial charge in [-0.15, -0.1) is 12.3 Å². The molecule has 13 nitrogen and oxygen atoms in total. The Balaban J connectivity index is -0.000000372. The topological polar surface area (TPSA) is 147 Å². The normalized spacial score (nSPS) is 15.5. The van der Waals surface area contributed by atoms with E-state index < -0.39 is 30.1 Å². The first kappa shape index (κ1) is 62.7. The monoisotopic (exact) mass is 854 g/mol. The van der Waals surface area contributed by atoms with E-state index in [1.807, 2.05) is 106 Å². The molecule has 1 aromatic carbocycles. The van der Waals surface area contributed by atoms with Gasteiger partial charge in [0.15, 0.2) is 0 Å². The third-order valence-electron chi connectivity index (χ3n) is 9.75. The number of esters is 1. The summed E-state index contributed by atoms with van der Waals surface area (Å²) in [4.78, 5) is 69.3. The highest BCUT2D eigenvalue weighted by atomic mass is 16.5. The summed E-state index contributed by atoms with van der Waals surface area (Å²) >= 11 is 0. The molecule has 0 bridgehead atoms. The van der Waals surface area contributed by atoms with Gasteiger partial charge in [0, 0.05) is 30.7 Å². The van der Waals surface area contributed by atoms with Gasteiger partial charge in [0.25, 0.3) is 0 Å². The predicted molar refractivity (Wildman–Crippen MR) is 250 cm³/mol. The largest absolute Gasteiger partial charge is 0.468 e. The molecule has 7 atom stereocenters. The summed E-state index contributed by atoms with van der Waals surface area (Å²) in [5, 5.41) is 5.35. The molecule has 0 saturated carbocycles. The minimum Gasteiger partial charge on any atom is -0.468 e. The van der Waals surface area contributed by atoms with Crippen molar-refractivity contribution in [2.24, 2.45) is 17.8 Å². The number of hydrogen-bond acceptors (Lipinski definition) is 9. The van der Waals surface area contributed by atoms with E-state index in [4.69, 9.17) is 9.47 Å². The Labute approximate surface area is 369 Å². The van der Waals surface area contributed by atoms with Crippen LogP contribution in [0.3, 0.4) is 0 Å². The van der Waals surface area contributed by atoms with Gasteiger partial charge in [0.2, 0.25) is 23.6 Å². The van der Waals surface area contributed by atoms with E-state index >= 15 is 0 Å². The van der Waals surface area contributed by atoms with Crippen molar-refractivity contribution in [1.82, 2.24) is 25.3 Å². The minimum absolute atomic E-state index is 0. The summed E-state index contributed by atoms with van der Waals surface area (Å²) < 4.78 is 16.2. The lowest BCUT2D eigenvalue weighted by Gasteiger charge is -2.39. The molecule has 0 unspecified atom stereocenters. The zero-order valence-corrected chi connectivity index (χ0v) is 41.1. The fourth-order valence-corrected chi connectivity index (χ4v) is 6.78. The fourth-order valence-electron chi connectivity index (χ4n) is 6.78. The van der Waals surface area contributed by atoms with Gasteiger partial charge in [0.05, 0.1) is 56.3 Å². The number of terminal acetylenes is 1. The molecule has 13 heteroatoms. The van der Waals surface area contributed by atoms with Crippen LogP contribution in [-0.4, -0.2) is 137 Å². The number of rotatable bonds is 18. The first-order valence-electron chi connectivity index (χ1n) is 21.8. The molecule has 1 heterocycles. The molecule has 1 saturated heterocycles. The lowest BCUT2D eigenvalue weighted by atomic mass is 9.90. The maximum atomic E-state index is 13.8. The number of amides is 4. The number of methoxy groups -OCH3 is 3. The van der Waals surface area contributed by atoms with Crippen molar-refractivity contribution in [2.45, 2.75) is 146 Å². The minimum atomic E-state index is -0.629. The zero-order chi connectivity index (χ0) is 47.5. The quantitative estimate of drug-likeness (QED) is 0.117. The Bertz CT molecular complexity index is 1330. The average Bonchev–Trinajstić information content (AvgIpc) is 3.74. The molecule has 4 amide bonds. The van der Waals surface area contributed by atoms with Gasteiger partial charge in [0.1, 0.15) is 6.54 Å². The van der Waals surface area contributed by atoms with Crippen molar-refractivity contribution < 1.29 is 41.0 Å². The van der Waals surface area contributed by atoms with Crippen molar-refractivity contribution in [1.29, 1.82) is 0 Å². The Morgan fingerprint density at radius 3 is 1.80 bits per heavy atom. The maximum absolute atomic E-state index is 13.8. The van der Waals surface area contributed by atoms with E-state index in [1.54, 1.807) is 30.7 Å². The number of nitrogens with one attached hydrogen (secondary N) is 2. The number of carbonyl (C=O) groups excluding carboxylic acids is 5. The van der Waals surface area contributed by atoms with Crippen LogP contribution in [0.5, 0.6) is 0 Å². The lowest BCUT2D eigenvalue weighted by Crippen LogP contribution is -2.55. The van der Waals surface area contributed by atoms with E-state index in [0.717, 1.165) is 12.8 Å². The highest BCUT2D eigenvalue weighted by molar-refractivity contribution is 5.88. The molecule has 60 heavy (non-hydrogen) atoms. The van der Waals surface area contributed by atoms with Crippen LogP contribution < -0.4 is 10.6 Å². The number of nitrogens with zero attached hydrogens (tertiary/aromatic N) is 3. The third kappa shape index (κ3) is 23.7.